The maximum absolute atomic E-state index is 13.8. The second kappa shape index (κ2) is 15.0. The zero-order valence-electron chi connectivity index (χ0n) is 23.2. The monoisotopic (exact) mass is 608 g/mol. The number of nitrogens with two attached hydrogens (primary N) is 1. The molecule has 3 aromatic rings. The average Bonchev–Trinajstić information content (AvgIpc) is 2.98. The summed E-state index contributed by atoms with van der Waals surface area (Å²) in [6.07, 6.45) is 1.94. The van der Waals surface area contributed by atoms with Gasteiger partial charge in [-0.2, -0.15) is 0 Å². The highest BCUT2D eigenvalue weighted by Gasteiger charge is 2.36. The van der Waals surface area contributed by atoms with Crippen LogP contribution in [0.25, 0.3) is 0 Å². The molecule has 4 rings (SSSR count). The molecule has 8 nitrogen and oxygen atoms in total. The number of rotatable bonds is 12. The molecule has 1 heterocycles. The summed E-state index contributed by atoms with van der Waals surface area (Å²) in [5.41, 5.74) is 8.51. The van der Waals surface area contributed by atoms with E-state index in [1.165, 1.54) is 4.90 Å². The third kappa shape index (κ3) is 8.41. The Morgan fingerprint density at radius 1 is 0.881 bits per heavy atom. The molecule has 2 atom stereocenters. The van der Waals surface area contributed by atoms with Crippen LogP contribution in [-0.2, 0) is 27.3 Å². The Labute approximate surface area is 255 Å². The largest absolute Gasteiger partial charge is 0.342 e. The first-order valence-electron chi connectivity index (χ1n) is 14.0. The zero-order chi connectivity index (χ0) is 30.1. The summed E-state index contributed by atoms with van der Waals surface area (Å²) in [6, 6.07) is 19.4. The van der Waals surface area contributed by atoms with Crippen molar-refractivity contribution < 1.29 is 19.2 Å². The summed E-state index contributed by atoms with van der Waals surface area (Å²) >= 11 is 12.2. The van der Waals surface area contributed by atoms with Gasteiger partial charge in [0.1, 0.15) is 12.1 Å². The lowest BCUT2D eigenvalue weighted by atomic mass is 9.92. The normalized spacial score (nSPS) is 14.9. The molecule has 3 aromatic carbocycles. The van der Waals surface area contributed by atoms with E-state index in [9.17, 15) is 19.2 Å². The number of fused-ring (bicyclic) bond motifs is 1. The molecule has 1 aliphatic rings. The smallest absolute Gasteiger partial charge is 0.246 e. The Kier molecular flexibility index (Phi) is 11.1. The number of carbonyl (C=O) groups is 4. The summed E-state index contributed by atoms with van der Waals surface area (Å²) in [5.74, 6) is -1.31. The second-order valence-corrected chi connectivity index (χ2v) is 11.2. The first kappa shape index (κ1) is 31.2. The van der Waals surface area contributed by atoms with Crippen LogP contribution in [0.1, 0.15) is 53.6 Å². The fraction of sp³-hybridized carbons (Fsp3) is 0.312. The average molecular weight is 610 g/mol. The molecular weight excluding hydrogens is 575 g/mol. The van der Waals surface area contributed by atoms with Gasteiger partial charge < -0.3 is 21.3 Å². The molecule has 0 saturated heterocycles. The van der Waals surface area contributed by atoms with Crippen LogP contribution in [0.2, 0.25) is 10.0 Å². The summed E-state index contributed by atoms with van der Waals surface area (Å²) in [7, 11) is 0. The molecule has 0 unspecified atom stereocenters. The molecule has 0 aliphatic carbocycles. The van der Waals surface area contributed by atoms with Crippen molar-refractivity contribution >= 4 is 52.4 Å². The van der Waals surface area contributed by atoms with Gasteiger partial charge in [0.15, 0.2) is 5.78 Å². The van der Waals surface area contributed by atoms with Crippen LogP contribution in [0.5, 0.6) is 0 Å². The van der Waals surface area contributed by atoms with E-state index in [-0.39, 0.29) is 31.1 Å². The van der Waals surface area contributed by atoms with Gasteiger partial charge in [0.25, 0.3) is 0 Å². The predicted molar refractivity (Wildman–Crippen MR) is 164 cm³/mol. The number of Topliss-reactive ketones (excluding diaryl/α,β-unsaturated/α-hetero) is 1. The summed E-state index contributed by atoms with van der Waals surface area (Å²) < 4.78 is 0. The van der Waals surface area contributed by atoms with E-state index in [1.54, 1.807) is 42.5 Å². The third-order valence-corrected chi connectivity index (χ3v) is 7.68. The lowest BCUT2D eigenvalue weighted by Crippen LogP contribution is -2.56. The van der Waals surface area contributed by atoms with Crippen LogP contribution in [0.4, 0.5) is 5.69 Å². The van der Waals surface area contributed by atoms with Crippen molar-refractivity contribution in [1.29, 1.82) is 0 Å². The molecule has 0 bridgehead atoms. The van der Waals surface area contributed by atoms with Crippen LogP contribution in [0.15, 0.2) is 72.8 Å². The van der Waals surface area contributed by atoms with E-state index in [2.05, 4.69) is 10.6 Å². The highest BCUT2D eigenvalue weighted by molar-refractivity contribution is 6.35. The Bertz CT molecular complexity index is 1410. The number of unbranched alkanes of at least 4 members (excludes halogenated alkanes) is 1. The van der Waals surface area contributed by atoms with E-state index < -0.39 is 23.9 Å². The molecule has 0 saturated carbocycles. The number of carbonyl (C=O) groups excluding carboxylic acids is 4. The Morgan fingerprint density at radius 3 is 2.24 bits per heavy atom. The topological polar surface area (TPSA) is 122 Å². The maximum Gasteiger partial charge on any atom is 0.246 e. The molecule has 4 N–H and O–H groups in total. The molecule has 1 aliphatic heterocycles. The number of halogens is 2. The molecule has 0 fully saturated rings. The minimum atomic E-state index is -0.879. The summed E-state index contributed by atoms with van der Waals surface area (Å²) in [6.45, 7) is 0.688. The van der Waals surface area contributed by atoms with Gasteiger partial charge >= 0.3 is 0 Å². The molecule has 220 valence electrons. The van der Waals surface area contributed by atoms with Gasteiger partial charge in [-0.15, -0.1) is 0 Å². The minimum Gasteiger partial charge on any atom is -0.342 e. The lowest BCUT2D eigenvalue weighted by Gasteiger charge is -2.37. The number of hydrogen-bond acceptors (Lipinski definition) is 5. The molecule has 0 aromatic heterocycles. The van der Waals surface area contributed by atoms with E-state index in [0.717, 1.165) is 11.1 Å². The fourth-order valence-electron chi connectivity index (χ4n) is 5.04. The third-order valence-electron chi connectivity index (χ3n) is 7.24. The molecule has 0 radical (unpaired) electrons. The number of amides is 3. The molecule has 10 heteroatoms. The van der Waals surface area contributed by atoms with Crippen molar-refractivity contribution in [3.63, 3.8) is 0 Å². The van der Waals surface area contributed by atoms with Crippen LogP contribution in [0, 0.1) is 0 Å². The number of benzene rings is 3. The number of nitrogens with zero attached hydrogens (tertiary/aromatic N) is 1. The Balaban J connectivity index is 1.51. The van der Waals surface area contributed by atoms with Crippen LogP contribution >= 0.6 is 23.2 Å². The Morgan fingerprint density at radius 2 is 1.55 bits per heavy atom. The van der Waals surface area contributed by atoms with Crippen molar-refractivity contribution in [3.05, 3.63) is 99.5 Å². The first-order chi connectivity index (χ1) is 20.2. The fourth-order valence-corrected chi connectivity index (χ4v) is 5.56. The minimum absolute atomic E-state index is 0.0294. The van der Waals surface area contributed by atoms with Crippen molar-refractivity contribution in [1.82, 2.24) is 10.2 Å². The van der Waals surface area contributed by atoms with Crippen molar-refractivity contribution in [2.45, 2.75) is 57.2 Å². The highest BCUT2D eigenvalue weighted by Crippen LogP contribution is 2.26. The van der Waals surface area contributed by atoms with Gasteiger partial charge in [-0.1, -0.05) is 77.8 Å². The number of nitrogens with one attached hydrogen (secondary N) is 2. The van der Waals surface area contributed by atoms with E-state index in [1.807, 2.05) is 30.3 Å². The summed E-state index contributed by atoms with van der Waals surface area (Å²) in [4.78, 5) is 54.7. The highest BCUT2D eigenvalue weighted by atomic mass is 35.5. The van der Waals surface area contributed by atoms with Gasteiger partial charge in [0.2, 0.25) is 17.7 Å². The van der Waals surface area contributed by atoms with Crippen LogP contribution in [-0.4, -0.2) is 47.0 Å². The number of hydrogen-bond donors (Lipinski definition) is 3. The lowest BCUT2D eigenvalue weighted by molar-refractivity contribution is -0.142. The number of ketones is 1. The summed E-state index contributed by atoms with van der Waals surface area (Å²) in [5, 5.41) is 6.39. The predicted octanol–water partition coefficient (Wildman–Crippen LogP) is 5.16. The van der Waals surface area contributed by atoms with E-state index in [0.29, 0.717) is 53.5 Å². The standard InChI is InChI=1S/C32H34Cl2N4O4/c33-24-17-25(34)19-26(18-24)36-31(41)27(12-6-7-15-35)37-32(42)28-16-22-10-4-5-11-23(22)20-38(28)30(40)14-13-29(39)21-8-2-1-3-9-21/h1-5,8-11,17-19,27-28H,6-7,12-16,20,35H2,(H,36,41)(H,37,42)/t27-,28-/m0/s1. The van der Waals surface area contributed by atoms with Crippen LogP contribution in [0.3, 0.4) is 0 Å². The van der Waals surface area contributed by atoms with Gasteiger partial charge in [0, 0.05) is 47.1 Å². The van der Waals surface area contributed by atoms with Gasteiger partial charge in [-0.3, -0.25) is 19.2 Å². The van der Waals surface area contributed by atoms with Crippen molar-refractivity contribution in [2.24, 2.45) is 5.73 Å². The zero-order valence-corrected chi connectivity index (χ0v) is 24.7. The first-order valence-corrected chi connectivity index (χ1v) is 14.7. The molecule has 3 amide bonds. The number of anilines is 1. The Hall–Kier alpha value is -3.72. The van der Waals surface area contributed by atoms with Crippen molar-refractivity contribution in [2.75, 3.05) is 11.9 Å². The van der Waals surface area contributed by atoms with E-state index in [4.69, 9.17) is 28.9 Å². The molecule has 42 heavy (non-hydrogen) atoms. The van der Waals surface area contributed by atoms with Crippen LogP contribution < -0.4 is 16.4 Å². The quantitative estimate of drug-likeness (QED) is 0.194. The molecule has 0 spiro atoms. The second-order valence-electron chi connectivity index (χ2n) is 10.3. The SMILES string of the molecule is NCCCC[C@H](NC(=O)[C@@H]1Cc2ccccc2CN1C(=O)CCC(=O)c1ccccc1)C(=O)Nc1cc(Cl)cc(Cl)c1. The van der Waals surface area contributed by atoms with Gasteiger partial charge in [0.05, 0.1) is 0 Å². The van der Waals surface area contributed by atoms with Gasteiger partial charge in [-0.25, -0.2) is 0 Å². The van der Waals surface area contributed by atoms with E-state index >= 15 is 0 Å². The maximum atomic E-state index is 13.8. The molecular formula is C32H34Cl2N4O4. The van der Waals surface area contributed by atoms with Crippen molar-refractivity contribution in [3.8, 4) is 0 Å². The van der Waals surface area contributed by atoms with Gasteiger partial charge in [-0.05, 0) is 55.1 Å².